The first-order valence-electron chi connectivity index (χ1n) is 4.94. The summed E-state index contributed by atoms with van der Waals surface area (Å²) in [5.41, 5.74) is 7.45. The highest BCUT2D eigenvalue weighted by Crippen LogP contribution is 2.20. The molecule has 4 N–H and O–H groups in total. The van der Waals surface area contributed by atoms with Crippen molar-refractivity contribution in [2.24, 2.45) is 0 Å². The second-order valence-electron chi connectivity index (χ2n) is 3.61. The van der Waals surface area contributed by atoms with E-state index in [-0.39, 0.29) is 11.7 Å². The average molecular weight is 251 g/mol. The Kier molecular flexibility index (Phi) is 3.01. The minimum atomic E-state index is -0.304. The standard InChI is InChI=1S/C11H11ClN4O/c1-6-4-7(12)2-3-9(6)15-11(17)8-5-14-16-10(8)13/h2-5H,1H3,(H,15,17)(H3,13,14,16). The Bertz CT molecular complexity index is 564. The fourth-order valence-corrected chi connectivity index (χ4v) is 1.66. The number of carbonyl (C=O) groups excluding carboxylic acids is 1. The smallest absolute Gasteiger partial charge is 0.261 e. The van der Waals surface area contributed by atoms with Gasteiger partial charge in [0.05, 0.1) is 6.20 Å². The summed E-state index contributed by atoms with van der Waals surface area (Å²) in [5, 5.41) is 9.57. The molecule has 88 valence electrons. The van der Waals surface area contributed by atoms with Gasteiger partial charge >= 0.3 is 0 Å². The van der Waals surface area contributed by atoms with Gasteiger partial charge in [-0.2, -0.15) is 5.10 Å². The Morgan fingerprint density at radius 2 is 2.29 bits per heavy atom. The maximum Gasteiger partial charge on any atom is 0.261 e. The van der Waals surface area contributed by atoms with Crippen LogP contribution in [-0.2, 0) is 0 Å². The molecule has 0 unspecified atom stereocenters. The highest BCUT2D eigenvalue weighted by Gasteiger charge is 2.12. The van der Waals surface area contributed by atoms with Gasteiger partial charge in [-0.05, 0) is 30.7 Å². The Morgan fingerprint density at radius 3 is 2.88 bits per heavy atom. The predicted octanol–water partition coefficient (Wildman–Crippen LogP) is 2.21. The van der Waals surface area contributed by atoms with Crippen molar-refractivity contribution >= 4 is 29.0 Å². The van der Waals surface area contributed by atoms with Crippen LogP contribution in [0.3, 0.4) is 0 Å². The summed E-state index contributed by atoms with van der Waals surface area (Å²) in [4.78, 5) is 11.8. The summed E-state index contributed by atoms with van der Waals surface area (Å²) in [6.07, 6.45) is 1.38. The summed E-state index contributed by atoms with van der Waals surface area (Å²) < 4.78 is 0. The average Bonchev–Trinajstić information content (AvgIpc) is 2.68. The summed E-state index contributed by atoms with van der Waals surface area (Å²) in [6.45, 7) is 1.86. The molecule has 0 atom stereocenters. The van der Waals surface area contributed by atoms with E-state index in [1.807, 2.05) is 6.92 Å². The predicted molar refractivity (Wildman–Crippen MR) is 67.1 cm³/mol. The molecule has 17 heavy (non-hydrogen) atoms. The van der Waals surface area contributed by atoms with Crippen molar-refractivity contribution in [3.05, 3.63) is 40.5 Å². The number of H-pyrrole nitrogens is 1. The molecule has 2 rings (SSSR count). The van der Waals surface area contributed by atoms with Gasteiger partial charge in [0.15, 0.2) is 0 Å². The molecular formula is C11H11ClN4O. The van der Waals surface area contributed by atoms with Crippen LogP contribution < -0.4 is 11.1 Å². The normalized spacial score (nSPS) is 10.2. The van der Waals surface area contributed by atoms with Crippen LogP contribution in [0.2, 0.25) is 5.02 Å². The van der Waals surface area contributed by atoms with Crippen LogP contribution in [0, 0.1) is 6.92 Å². The molecule has 1 heterocycles. The molecule has 1 amide bonds. The van der Waals surface area contributed by atoms with E-state index in [9.17, 15) is 4.79 Å². The largest absolute Gasteiger partial charge is 0.383 e. The highest BCUT2D eigenvalue weighted by molar-refractivity contribution is 6.30. The number of aromatic amines is 1. The lowest BCUT2D eigenvalue weighted by Gasteiger charge is -2.07. The molecule has 0 spiro atoms. The molecule has 0 saturated carbocycles. The van der Waals surface area contributed by atoms with Gasteiger partial charge in [0.2, 0.25) is 0 Å². The van der Waals surface area contributed by atoms with E-state index in [4.69, 9.17) is 17.3 Å². The van der Waals surface area contributed by atoms with E-state index < -0.39 is 0 Å². The van der Waals surface area contributed by atoms with Gasteiger partial charge in [0.1, 0.15) is 11.4 Å². The number of aromatic nitrogens is 2. The third kappa shape index (κ3) is 2.39. The number of nitrogens with one attached hydrogen (secondary N) is 2. The lowest BCUT2D eigenvalue weighted by molar-refractivity contribution is 0.102. The lowest BCUT2D eigenvalue weighted by Crippen LogP contribution is -2.13. The summed E-state index contributed by atoms with van der Waals surface area (Å²) in [6, 6.07) is 5.23. The summed E-state index contributed by atoms with van der Waals surface area (Å²) in [7, 11) is 0. The molecular weight excluding hydrogens is 240 g/mol. The molecule has 0 fully saturated rings. The number of nitrogen functional groups attached to an aromatic ring is 1. The Labute approximate surface area is 103 Å². The van der Waals surface area contributed by atoms with E-state index in [0.29, 0.717) is 16.3 Å². The third-order valence-corrected chi connectivity index (χ3v) is 2.59. The van der Waals surface area contributed by atoms with Crippen molar-refractivity contribution in [1.82, 2.24) is 10.2 Å². The molecule has 0 bridgehead atoms. The third-order valence-electron chi connectivity index (χ3n) is 2.35. The van der Waals surface area contributed by atoms with Gasteiger partial charge in [-0.15, -0.1) is 0 Å². The van der Waals surface area contributed by atoms with Crippen LogP contribution in [-0.4, -0.2) is 16.1 Å². The van der Waals surface area contributed by atoms with Crippen molar-refractivity contribution in [2.45, 2.75) is 6.92 Å². The SMILES string of the molecule is Cc1cc(Cl)ccc1NC(=O)c1cn[nH]c1N. The van der Waals surface area contributed by atoms with Gasteiger partial charge in [-0.25, -0.2) is 0 Å². The Hall–Kier alpha value is -2.01. The zero-order valence-electron chi connectivity index (χ0n) is 9.12. The van der Waals surface area contributed by atoms with Crippen LogP contribution in [0.1, 0.15) is 15.9 Å². The second kappa shape index (κ2) is 4.47. The number of amides is 1. The van der Waals surface area contributed by atoms with Crippen molar-refractivity contribution in [3.63, 3.8) is 0 Å². The Balaban J connectivity index is 2.22. The maximum absolute atomic E-state index is 11.8. The number of rotatable bonds is 2. The van der Waals surface area contributed by atoms with Crippen LogP contribution in [0.15, 0.2) is 24.4 Å². The first-order valence-corrected chi connectivity index (χ1v) is 5.32. The van der Waals surface area contributed by atoms with Crippen LogP contribution in [0.25, 0.3) is 0 Å². The molecule has 0 aliphatic heterocycles. The highest BCUT2D eigenvalue weighted by atomic mass is 35.5. The molecule has 0 saturated heterocycles. The number of benzene rings is 1. The number of nitrogens with zero attached hydrogens (tertiary/aromatic N) is 1. The second-order valence-corrected chi connectivity index (χ2v) is 4.05. The van der Waals surface area contributed by atoms with E-state index in [0.717, 1.165) is 5.56 Å². The Morgan fingerprint density at radius 1 is 1.53 bits per heavy atom. The minimum absolute atomic E-state index is 0.245. The lowest BCUT2D eigenvalue weighted by atomic mass is 10.2. The maximum atomic E-state index is 11.8. The molecule has 0 aliphatic carbocycles. The summed E-state index contributed by atoms with van der Waals surface area (Å²) >= 11 is 5.83. The zero-order valence-corrected chi connectivity index (χ0v) is 9.88. The first kappa shape index (κ1) is 11.5. The summed E-state index contributed by atoms with van der Waals surface area (Å²) in [5.74, 6) is -0.0595. The zero-order chi connectivity index (χ0) is 12.4. The molecule has 2 aromatic rings. The molecule has 1 aromatic carbocycles. The molecule has 1 aromatic heterocycles. The quantitative estimate of drug-likeness (QED) is 0.764. The van der Waals surface area contributed by atoms with E-state index in [1.54, 1.807) is 18.2 Å². The minimum Gasteiger partial charge on any atom is -0.383 e. The number of nitrogens with two attached hydrogens (primary N) is 1. The molecule has 5 nitrogen and oxygen atoms in total. The van der Waals surface area contributed by atoms with E-state index in [1.165, 1.54) is 6.20 Å². The first-order chi connectivity index (χ1) is 8.08. The van der Waals surface area contributed by atoms with Crippen molar-refractivity contribution in [2.75, 3.05) is 11.1 Å². The monoisotopic (exact) mass is 250 g/mol. The number of anilines is 2. The van der Waals surface area contributed by atoms with Crippen molar-refractivity contribution < 1.29 is 4.79 Å². The van der Waals surface area contributed by atoms with E-state index >= 15 is 0 Å². The van der Waals surface area contributed by atoms with Gasteiger partial charge in [0, 0.05) is 10.7 Å². The molecule has 0 aliphatic rings. The molecule has 6 heteroatoms. The van der Waals surface area contributed by atoms with Gasteiger partial charge < -0.3 is 11.1 Å². The van der Waals surface area contributed by atoms with Gasteiger partial charge in [-0.1, -0.05) is 11.6 Å². The van der Waals surface area contributed by atoms with Crippen molar-refractivity contribution in [1.29, 1.82) is 0 Å². The topological polar surface area (TPSA) is 83.8 Å². The number of aryl methyl sites for hydroxylation is 1. The molecule has 0 radical (unpaired) electrons. The number of hydrogen-bond donors (Lipinski definition) is 3. The van der Waals surface area contributed by atoms with Crippen LogP contribution >= 0.6 is 11.6 Å². The van der Waals surface area contributed by atoms with Gasteiger partial charge in [0.25, 0.3) is 5.91 Å². The van der Waals surface area contributed by atoms with Crippen molar-refractivity contribution in [3.8, 4) is 0 Å². The van der Waals surface area contributed by atoms with Crippen LogP contribution in [0.4, 0.5) is 11.5 Å². The number of carbonyl (C=O) groups is 1. The fraction of sp³-hybridized carbons (Fsp3) is 0.0909. The number of hydrogen-bond acceptors (Lipinski definition) is 3. The van der Waals surface area contributed by atoms with Crippen LogP contribution in [0.5, 0.6) is 0 Å². The fourth-order valence-electron chi connectivity index (χ4n) is 1.43. The van der Waals surface area contributed by atoms with Gasteiger partial charge in [-0.3, -0.25) is 9.89 Å². The number of halogens is 1. The van der Waals surface area contributed by atoms with E-state index in [2.05, 4.69) is 15.5 Å².